The van der Waals surface area contributed by atoms with Crippen molar-refractivity contribution in [1.82, 2.24) is 15.0 Å². The molecule has 1 atom stereocenters. The lowest BCUT2D eigenvalue weighted by atomic mass is 9.95. The molecule has 5 nitrogen and oxygen atoms in total. The Kier molecular flexibility index (Phi) is 4.44. The summed E-state index contributed by atoms with van der Waals surface area (Å²) in [6, 6.07) is 4.01. The van der Waals surface area contributed by atoms with Crippen LogP contribution in [0.4, 0.5) is 0 Å². The molecule has 1 saturated heterocycles. The molecule has 0 amide bonds. The maximum Gasteiger partial charge on any atom is 0.241 e. The summed E-state index contributed by atoms with van der Waals surface area (Å²) in [5.41, 5.74) is 5.66. The molecule has 1 aliphatic rings. The van der Waals surface area contributed by atoms with Gasteiger partial charge in [0.25, 0.3) is 0 Å². The highest BCUT2D eigenvalue weighted by Gasteiger charge is 2.21. The normalized spacial score (nSPS) is 20.4. The molecule has 6 heteroatoms. The number of nitrogens with two attached hydrogens (primary N) is 1. The van der Waals surface area contributed by atoms with Gasteiger partial charge in [-0.05, 0) is 49.7 Å². The van der Waals surface area contributed by atoms with Gasteiger partial charge in [-0.3, -0.25) is 4.90 Å². The van der Waals surface area contributed by atoms with Gasteiger partial charge in [-0.15, -0.1) is 11.3 Å². The lowest BCUT2D eigenvalue weighted by Gasteiger charge is -2.31. The fourth-order valence-electron chi connectivity index (χ4n) is 2.78. The first-order valence-electron chi connectivity index (χ1n) is 7.14. The Morgan fingerprint density at radius 1 is 1.50 bits per heavy atom. The molecular formula is C14H20N4OS. The number of hydrogen-bond donors (Lipinski definition) is 1. The second-order valence-electron chi connectivity index (χ2n) is 5.31. The van der Waals surface area contributed by atoms with Gasteiger partial charge in [0.05, 0.1) is 11.4 Å². The fourth-order valence-corrected chi connectivity index (χ4v) is 3.43. The summed E-state index contributed by atoms with van der Waals surface area (Å²) >= 11 is 1.63. The van der Waals surface area contributed by atoms with Crippen LogP contribution in [0.25, 0.3) is 10.7 Å². The number of aromatic nitrogens is 2. The summed E-state index contributed by atoms with van der Waals surface area (Å²) in [7, 11) is 0. The van der Waals surface area contributed by atoms with Crippen LogP contribution >= 0.6 is 11.3 Å². The number of rotatable bonds is 5. The largest absolute Gasteiger partial charge is 0.338 e. The monoisotopic (exact) mass is 292 g/mol. The second-order valence-corrected chi connectivity index (χ2v) is 6.26. The Labute approximate surface area is 122 Å². The van der Waals surface area contributed by atoms with Crippen molar-refractivity contribution in [2.24, 2.45) is 11.7 Å². The molecule has 2 aromatic rings. The van der Waals surface area contributed by atoms with E-state index in [1.807, 2.05) is 17.5 Å². The van der Waals surface area contributed by atoms with Crippen molar-refractivity contribution in [2.75, 3.05) is 19.6 Å². The fraction of sp³-hybridized carbons (Fsp3) is 0.571. The third-order valence-corrected chi connectivity index (χ3v) is 4.61. The molecule has 1 fully saturated rings. The Bertz CT molecular complexity index is 523. The van der Waals surface area contributed by atoms with E-state index in [-0.39, 0.29) is 0 Å². The summed E-state index contributed by atoms with van der Waals surface area (Å²) in [6.07, 6.45) is 3.63. The average Bonchev–Trinajstić information content (AvgIpc) is 3.10. The van der Waals surface area contributed by atoms with Crippen LogP contribution in [0.3, 0.4) is 0 Å². The number of piperidine rings is 1. The smallest absolute Gasteiger partial charge is 0.241 e. The molecule has 3 heterocycles. The van der Waals surface area contributed by atoms with E-state index in [1.54, 1.807) is 11.3 Å². The van der Waals surface area contributed by atoms with E-state index in [9.17, 15) is 0 Å². The lowest BCUT2D eigenvalue weighted by molar-refractivity contribution is 0.146. The van der Waals surface area contributed by atoms with Gasteiger partial charge >= 0.3 is 0 Å². The zero-order valence-corrected chi connectivity index (χ0v) is 12.3. The van der Waals surface area contributed by atoms with E-state index in [0.717, 1.165) is 37.5 Å². The summed E-state index contributed by atoms with van der Waals surface area (Å²) in [5.74, 6) is 2.13. The standard InChI is InChI=1S/C14H20N4OS/c15-6-5-11-3-1-7-18(9-11)10-13-16-14(17-19-13)12-4-2-8-20-12/h2,4,8,11H,1,3,5-7,9-10,15H2. The van der Waals surface area contributed by atoms with Crippen LogP contribution in [0.1, 0.15) is 25.2 Å². The van der Waals surface area contributed by atoms with Crippen LogP contribution in [-0.2, 0) is 6.54 Å². The summed E-state index contributed by atoms with van der Waals surface area (Å²) in [5, 5.41) is 6.08. The molecule has 0 aromatic carbocycles. The first kappa shape index (κ1) is 13.7. The molecule has 3 rings (SSSR count). The van der Waals surface area contributed by atoms with Gasteiger partial charge in [-0.2, -0.15) is 4.98 Å². The van der Waals surface area contributed by atoms with Crippen molar-refractivity contribution in [2.45, 2.75) is 25.8 Å². The van der Waals surface area contributed by atoms with Gasteiger partial charge in [0, 0.05) is 6.54 Å². The van der Waals surface area contributed by atoms with Crippen LogP contribution in [0.15, 0.2) is 22.0 Å². The first-order chi connectivity index (χ1) is 9.85. The van der Waals surface area contributed by atoms with E-state index in [1.165, 1.54) is 12.8 Å². The van der Waals surface area contributed by atoms with Gasteiger partial charge in [-0.25, -0.2) is 0 Å². The highest BCUT2D eigenvalue weighted by Crippen LogP contribution is 2.23. The minimum absolute atomic E-state index is 0.700. The van der Waals surface area contributed by atoms with Crippen molar-refractivity contribution in [3.05, 3.63) is 23.4 Å². The number of nitrogens with zero attached hydrogens (tertiary/aromatic N) is 3. The minimum Gasteiger partial charge on any atom is -0.338 e. The Morgan fingerprint density at radius 2 is 2.45 bits per heavy atom. The molecule has 0 bridgehead atoms. The summed E-state index contributed by atoms with van der Waals surface area (Å²) < 4.78 is 5.37. The van der Waals surface area contributed by atoms with E-state index < -0.39 is 0 Å². The molecule has 0 saturated carbocycles. The predicted octanol–water partition coefficient (Wildman–Crippen LogP) is 2.36. The Morgan fingerprint density at radius 3 is 3.25 bits per heavy atom. The van der Waals surface area contributed by atoms with Crippen LogP contribution in [0, 0.1) is 5.92 Å². The highest BCUT2D eigenvalue weighted by molar-refractivity contribution is 7.13. The summed E-state index contributed by atoms with van der Waals surface area (Å²) in [4.78, 5) is 7.94. The average molecular weight is 292 g/mol. The SMILES string of the molecule is NCCC1CCCN(Cc2nc(-c3cccs3)no2)C1. The molecule has 2 aromatic heterocycles. The van der Waals surface area contributed by atoms with Crippen LogP contribution in [-0.4, -0.2) is 34.7 Å². The van der Waals surface area contributed by atoms with E-state index in [0.29, 0.717) is 17.6 Å². The molecule has 0 aliphatic carbocycles. The van der Waals surface area contributed by atoms with Gasteiger partial charge in [0.2, 0.25) is 11.7 Å². The summed E-state index contributed by atoms with van der Waals surface area (Å²) in [6.45, 7) is 3.73. The molecule has 1 unspecified atom stereocenters. The Hall–Kier alpha value is -1.24. The number of hydrogen-bond acceptors (Lipinski definition) is 6. The maximum absolute atomic E-state index is 5.66. The van der Waals surface area contributed by atoms with Gasteiger partial charge in [0.15, 0.2) is 0 Å². The van der Waals surface area contributed by atoms with E-state index in [4.69, 9.17) is 10.3 Å². The highest BCUT2D eigenvalue weighted by atomic mass is 32.1. The third kappa shape index (κ3) is 3.26. The molecule has 108 valence electrons. The molecule has 1 aliphatic heterocycles. The zero-order valence-electron chi connectivity index (χ0n) is 11.5. The maximum atomic E-state index is 5.66. The van der Waals surface area contributed by atoms with Crippen LogP contribution < -0.4 is 5.73 Å². The van der Waals surface area contributed by atoms with Crippen molar-refractivity contribution in [1.29, 1.82) is 0 Å². The molecule has 0 spiro atoms. The number of thiophene rings is 1. The second kappa shape index (κ2) is 6.47. The molecular weight excluding hydrogens is 272 g/mol. The van der Waals surface area contributed by atoms with Crippen molar-refractivity contribution in [3.63, 3.8) is 0 Å². The van der Waals surface area contributed by atoms with Crippen molar-refractivity contribution < 1.29 is 4.52 Å². The van der Waals surface area contributed by atoms with Crippen LogP contribution in [0.5, 0.6) is 0 Å². The lowest BCUT2D eigenvalue weighted by Crippen LogP contribution is -2.35. The van der Waals surface area contributed by atoms with E-state index in [2.05, 4.69) is 15.0 Å². The van der Waals surface area contributed by atoms with Crippen molar-refractivity contribution >= 4 is 11.3 Å². The molecule has 20 heavy (non-hydrogen) atoms. The Balaban J connectivity index is 1.60. The third-order valence-electron chi connectivity index (χ3n) is 3.75. The zero-order chi connectivity index (χ0) is 13.8. The number of likely N-dealkylation sites (tertiary alicyclic amines) is 1. The van der Waals surface area contributed by atoms with Gasteiger partial charge in [-0.1, -0.05) is 11.2 Å². The topological polar surface area (TPSA) is 68.2 Å². The van der Waals surface area contributed by atoms with Gasteiger partial charge in [0.1, 0.15) is 0 Å². The van der Waals surface area contributed by atoms with E-state index >= 15 is 0 Å². The van der Waals surface area contributed by atoms with Gasteiger partial charge < -0.3 is 10.3 Å². The quantitative estimate of drug-likeness (QED) is 0.916. The minimum atomic E-state index is 0.700. The first-order valence-corrected chi connectivity index (χ1v) is 8.02. The predicted molar refractivity (Wildman–Crippen MR) is 79.3 cm³/mol. The molecule has 0 radical (unpaired) electrons. The van der Waals surface area contributed by atoms with Crippen LogP contribution in [0.2, 0.25) is 0 Å². The molecule has 2 N–H and O–H groups in total. The van der Waals surface area contributed by atoms with Crippen molar-refractivity contribution in [3.8, 4) is 10.7 Å².